The van der Waals surface area contributed by atoms with Crippen molar-refractivity contribution in [2.75, 3.05) is 13.7 Å². The van der Waals surface area contributed by atoms with Gasteiger partial charge in [0.25, 0.3) is 0 Å². The minimum atomic E-state index is -0.673. The Morgan fingerprint density at radius 1 is 1.31 bits per heavy atom. The third-order valence-electron chi connectivity index (χ3n) is 4.37. The maximum atomic E-state index is 13.2. The average molecular weight is 374 g/mol. The van der Waals surface area contributed by atoms with E-state index in [4.69, 9.17) is 4.74 Å². The molecule has 2 aromatic rings. The fraction of sp³-hybridized carbons (Fsp3) is 0.263. The zero-order chi connectivity index (χ0) is 18.7. The molecule has 0 saturated carbocycles. The number of amides is 2. The van der Waals surface area contributed by atoms with Crippen molar-refractivity contribution in [1.29, 1.82) is 0 Å². The molecule has 1 N–H and O–H groups in total. The van der Waals surface area contributed by atoms with E-state index in [1.165, 1.54) is 19.2 Å². The smallest absolute Gasteiger partial charge is 0.337 e. The van der Waals surface area contributed by atoms with E-state index < -0.39 is 12.0 Å². The van der Waals surface area contributed by atoms with Crippen LogP contribution in [0.4, 0.5) is 9.18 Å². The molecule has 7 heteroatoms. The Kier molecular flexibility index (Phi) is 5.37. The number of thiophene rings is 1. The molecule has 0 bridgehead atoms. The number of carbonyl (C=O) groups is 2. The molecule has 2 amide bonds. The van der Waals surface area contributed by atoms with Crippen LogP contribution >= 0.6 is 11.3 Å². The number of urea groups is 1. The lowest BCUT2D eigenvalue weighted by Crippen LogP contribution is -2.48. The number of benzene rings is 1. The molecule has 0 radical (unpaired) electrons. The second-order valence-electron chi connectivity index (χ2n) is 5.91. The van der Waals surface area contributed by atoms with Crippen LogP contribution in [0.15, 0.2) is 53.0 Å². The summed E-state index contributed by atoms with van der Waals surface area (Å²) in [4.78, 5) is 27.7. The van der Waals surface area contributed by atoms with Crippen molar-refractivity contribution in [3.05, 3.63) is 69.3 Å². The maximum Gasteiger partial charge on any atom is 0.337 e. The van der Waals surface area contributed by atoms with Crippen molar-refractivity contribution >= 4 is 23.3 Å². The number of nitrogens with zero attached hydrogens (tertiary/aromatic N) is 1. The molecule has 3 rings (SSSR count). The van der Waals surface area contributed by atoms with Gasteiger partial charge in [0.1, 0.15) is 5.82 Å². The van der Waals surface area contributed by atoms with Gasteiger partial charge in [0.05, 0.1) is 18.7 Å². The van der Waals surface area contributed by atoms with Gasteiger partial charge in [-0.25, -0.2) is 14.0 Å². The highest BCUT2D eigenvalue weighted by molar-refractivity contribution is 7.09. The summed E-state index contributed by atoms with van der Waals surface area (Å²) in [5.74, 6) is -0.897. The lowest BCUT2D eigenvalue weighted by atomic mass is 9.95. The number of hydrogen-bond donors (Lipinski definition) is 1. The maximum absolute atomic E-state index is 13.2. The zero-order valence-electron chi connectivity index (χ0n) is 14.5. The highest BCUT2D eigenvalue weighted by Gasteiger charge is 2.36. The largest absolute Gasteiger partial charge is 0.466 e. The molecule has 1 aliphatic rings. The van der Waals surface area contributed by atoms with Gasteiger partial charge in [-0.15, -0.1) is 11.3 Å². The fourth-order valence-corrected chi connectivity index (χ4v) is 3.71. The molecule has 0 aliphatic carbocycles. The van der Waals surface area contributed by atoms with Crippen LogP contribution in [0.2, 0.25) is 0 Å². The van der Waals surface area contributed by atoms with Crippen molar-refractivity contribution in [2.24, 2.45) is 0 Å². The summed E-state index contributed by atoms with van der Waals surface area (Å²) in [6.07, 6.45) is 0.693. The second-order valence-corrected chi connectivity index (χ2v) is 6.94. The number of allylic oxidation sites excluding steroid dienone is 1. The molecule has 1 aliphatic heterocycles. The van der Waals surface area contributed by atoms with Crippen molar-refractivity contribution < 1.29 is 18.7 Å². The molecule has 5 nitrogen and oxygen atoms in total. The third-order valence-corrected chi connectivity index (χ3v) is 5.30. The molecule has 1 atom stereocenters. The van der Waals surface area contributed by atoms with Crippen LogP contribution in [-0.4, -0.2) is 30.6 Å². The number of halogens is 1. The van der Waals surface area contributed by atoms with Gasteiger partial charge >= 0.3 is 12.0 Å². The highest BCUT2D eigenvalue weighted by atomic mass is 32.1. The van der Waals surface area contributed by atoms with E-state index >= 15 is 0 Å². The van der Waals surface area contributed by atoms with Gasteiger partial charge < -0.3 is 10.1 Å². The lowest BCUT2D eigenvalue weighted by molar-refractivity contribution is -0.136. The van der Waals surface area contributed by atoms with E-state index in [0.717, 1.165) is 4.88 Å². The summed E-state index contributed by atoms with van der Waals surface area (Å²) < 4.78 is 18.2. The van der Waals surface area contributed by atoms with Crippen molar-refractivity contribution in [3.63, 3.8) is 0 Å². The number of esters is 1. The summed E-state index contributed by atoms with van der Waals surface area (Å²) in [7, 11) is 1.30. The summed E-state index contributed by atoms with van der Waals surface area (Å²) >= 11 is 1.62. The molecule has 2 heterocycles. The number of nitrogens with one attached hydrogen (secondary N) is 1. The first kappa shape index (κ1) is 18.1. The molecule has 136 valence electrons. The number of rotatable bonds is 5. The van der Waals surface area contributed by atoms with E-state index in [-0.39, 0.29) is 11.8 Å². The van der Waals surface area contributed by atoms with Crippen molar-refractivity contribution in [1.82, 2.24) is 10.2 Å². The first-order valence-corrected chi connectivity index (χ1v) is 9.04. The summed E-state index contributed by atoms with van der Waals surface area (Å²) in [5.41, 5.74) is 1.52. The van der Waals surface area contributed by atoms with Crippen LogP contribution in [0.1, 0.15) is 23.4 Å². The Labute approximate surface area is 155 Å². The number of ether oxygens (including phenoxy) is 1. The third kappa shape index (κ3) is 3.62. The molecule has 26 heavy (non-hydrogen) atoms. The first-order chi connectivity index (χ1) is 12.5. The van der Waals surface area contributed by atoms with Crippen molar-refractivity contribution in [2.45, 2.75) is 19.4 Å². The minimum absolute atomic E-state index is 0.291. The molecule has 0 saturated heterocycles. The molecule has 0 spiro atoms. The van der Waals surface area contributed by atoms with E-state index in [1.54, 1.807) is 35.3 Å². The second kappa shape index (κ2) is 7.70. The Bertz CT molecular complexity index is 831. The number of hydrogen-bond acceptors (Lipinski definition) is 4. The summed E-state index contributed by atoms with van der Waals surface area (Å²) in [5, 5.41) is 4.82. The molecular weight excluding hydrogens is 355 g/mol. The van der Waals surface area contributed by atoms with E-state index in [1.807, 2.05) is 17.5 Å². The molecular formula is C19H19FN2O3S. The number of carbonyl (C=O) groups excluding carboxylic acids is 2. The SMILES string of the molecule is COC(=O)C1=C(C)N(CCc2cccs2)C(=O)N[C@H]1c1ccc(F)cc1. The Morgan fingerprint density at radius 2 is 2.04 bits per heavy atom. The quantitative estimate of drug-likeness (QED) is 0.813. The van der Waals surface area contributed by atoms with Gasteiger partial charge in [0, 0.05) is 17.1 Å². The fourth-order valence-electron chi connectivity index (χ4n) is 3.01. The molecule has 1 aromatic carbocycles. The molecule has 0 fully saturated rings. The van der Waals surface area contributed by atoms with E-state index in [0.29, 0.717) is 29.8 Å². The first-order valence-electron chi connectivity index (χ1n) is 8.16. The monoisotopic (exact) mass is 374 g/mol. The van der Waals surface area contributed by atoms with E-state index in [2.05, 4.69) is 5.32 Å². The van der Waals surface area contributed by atoms with Crippen LogP contribution in [-0.2, 0) is 16.0 Å². The van der Waals surface area contributed by atoms with Crippen LogP contribution in [0.3, 0.4) is 0 Å². The van der Waals surface area contributed by atoms with Crippen LogP contribution in [0.25, 0.3) is 0 Å². The highest BCUT2D eigenvalue weighted by Crippen LogP contribution is 2.31. The standard InChI is InChI=1S/C19H19FN2O3S/c1-12-16(18(23)25-2)17(13-5-7-14(20)8-6-13)21-19(24)22(12)10-9-15-4-3-11-26-15/h3-8,11,17H,9-10H2,1-2H3,(H,21,24)/t17-/m0/s1. The van der Waals surface area contributed by atoms with E-state index in [9.17, 15) is 14.0 Å². The topological polar surface area (TPSA) is 58.6 Å². The Balaban J connectivity index is 1.93. The molecule has 1 aromatic heterocycles. The van der Waals surface area contributed by atoms with Gasteiger partial charge in [0.15, 0.2) is 0 Å². The Morgan fingerprint density at radius 3 is 2.65 bits per heavy atom. The molecule has 0 unspecified atom stereocenters. The normalized spacial score (nSPS) is 17.3. The zero-order valence-corrected chi connectivity index (χ0v) is 15.3. The number of methoxy groups -OCH3 is 1. The summed E-state index contributed by atoms with van der Waals surface area (Å²) in [6.45, 7) is 2.19. The van der Waals surface area contributed by atoms with Crippen LogP contribution in [0, 0.1) is 5.82 Å². The predicted molar refractivity (Wildman–Crippen MR) is 97.1 cm³/mol. The average Bonchev–Trinajstić information content (AvgIpc) is 3.14. The predicted octanol–water partition coefficient (Wildman–Crippen LogP) is 3.64. The van der Waals surface area contributed by atoms with Gasteiger partial charge in [-0.3, -0.25) is 4.90 Å². The Hall–Kier alpha value is -2.67. The van der Waals surface area contributed by atoms with Crippen molar-refractivity contribution in [3.8, 4) is 0 Å². The van der Waals surface area contributed by atoms with Gasteiger partial charge in [-0.1, -0.05) is 18.2 Å². The van der Waals surface area contributed by atoms with Gasteiger partial charge in [-0.2, -0.15) is 0 Å². The minimum Gasteiger partial charge on any atom is -0.466 e. The van der Waals surface area contributed by atoms with Crippen LogP contribution in [0.5, 0.6) is 0 Å². The van der Waals surface area contributed by atoms with Gasteiger partial charge in [0.2, 0.25) is 0 Å². The summed E-state index contributed by atoms with van der Waals surface area (Å²) in [6, 6.07) is 8.71. The van der Waals surface area contributed by atoms with Gasteiger partial charge in [-0.05, 0) is 42.5 Å². The van der Waals surface area contributed by atoms with Crippen LogP contribution < -0.4 is 5.32 Å². The lowest BCUT2D eigenvalue weighted by Gasteiger charge is -2.35.